The molecule has 3 aliphatic heterocycles. The van der Waals surface area contributed by atoms with Crippen molar-refractivity contribution in [1.29, 1.82) is 0 Å². The molecule has 3 aliphatic rings. The van der Waals surface area contributed by atoms with E-state index in [4.69, 9.17) is 21.1 Å². The standard InChI is InChI=1S/C35H39ClN4O9S/c1-35(2,3)20-38-14-15-39(31(44)30(38)43)34(46)37-27(22-8-6-5-7-9-22)26(41)16-25-29(42)40-28(23(17-36)19-50(47)32(25)40)33(45)49-18-21-10-12-24(48-4)13-11-21/h5-13,25,27,32H,14-20H2,1-4H3,(H,37,46)/t25-,27+,32-,50?/m1/s1. The number of ketones is 1. The second kappa shape index (κ2) is 15.1. The van der Waals surface area contributed by atoms with Crippen LogP contribution >= 0.6 is 11.6 Å². The van der Waals surface area contributed by atoms with Crippen molar-refractivity contribution < 1.29 is 42.4 Å². The van der Waals surface area contributed by atoms with Crippen LogP contribution in [0.25, 0.3) is 0 Å². The van der Waals surface area contributed by atoms with Gasteiger partial charge in [0.25, 0.3) is 0 Å². The first-order valence-electron chi connectivity index (χ1n) is 16.0. The number of halogens is 1. The van der Waals surface area contributed by atoms with Crippen LogP contribution in [0.2, 0.25) is 0 Å². The van der Waals surface area contributed by atoms with E-state index in [1.807, 2.05) is 20.8 Å². The molecule has 0 aromatic heterocycles. The van der Waals surface area contributed by atoms with Crippen molar-refractivity contribution in [2.75, 3.05) is 38.4 Å². The first-order chi connectivity index (χ1) is 23.7. The molecule has 2 saturated heterocycles. The number of benzene rings is 2. The second-order valence-corrected chi connectivity index (χ2v) is 15.2. The molecule has 0 spiro atoms. The molecule has 1 unspecified atom stereocenters. The Bertz CT molecular complexity index is 1740. The number of hydrogen-bond donors (Lipinski definition) is 1. The lowest BCUT2D eigenvalue weighted by Gasteiger charge is -2.49. The second-order valence-electron chi connectivity index (χ2n) is 13.4. The third-order valence-electron chi connectivity index (χ3n) is 8.56. The zero-order chi connectivity index (χ0) is 36.3. The number of methoxy groups -OCH3 is 1. The lowest BCUT2D eigenvalue weighted by Crippen LogP contribution is -2.66. The van der Waals surface area contributed by atoms with E-state index in [9.17, 15) is 33.0 Å². The summed E-state index contributed by atoms with van der Waals surface area (Å²) in [6.45, 7) is 6.09. The summed E-state index contributed by atoms with van der Waals surface area (Å²) in [5.41, 5.74) is 0.996. The minimum Gasteiger partial charge on any atom is -0.497 e. The molecule has 266 valence electrons. The number of nitrogens with one attached hydrogen (secondary N) is 1. The van der Waals surface area contributed by atoms with Crippen LogP contribution < -0.4 is 10.1 Å². The Morgan fingerprint density at radius 2 is 1.68 bits per heavy atom. The van der Waals surface area contributed by atoms with Gasteiger partial charge >= 0.3 is 23.8 Å². The molecule has 13 nitrogen and oxygen atoms in total. The first-order valence-corrected chi connectivity index (χ1v) is 17.9. The first kappa shape index (κ1) is 36.7. The average Bonchev–Trinajstić information content (AvgIpc) is 3.09. The summed E-state index contributed by atoms with van der Waals surface area (Å²) in [5.74, 6) is -4.50. The largest absolute Gasteiger partial charge is 0.497 e. The summed E-state index contributed by atoms with van der Waals surface area (Å²) in [6.07, 6.45) is -0.414. The minimum absolute atomic E-state index is 0.0636. The zero-order valence-corrected chi connectivity index (χ0v) is 29.8. The van der Waals surface area contributed by atoms with Crippen molar-refractivity contribution in [3.8, 4) is 5.75 Å². The molecule has 2 aromatic rings. The molecule has 0 bridgehead atoms. The van der Waals surface area contributed by atoms with Crippen molar-refractivity contribution in [1.82, 2.24) is 20.0 Å². The summed E-state index contributed by atoms with van der Waals surface area (Å²) < 4.78 is 24.0. The van der Waals surface area contributed by atoms with Gasteiger partial charge in [0, 0.05) is 42.7 Å². The maximum Gasteiger partial charge on any atom is 0.355 e. The van der Waals surface area contributed by atoms with E-state index in [1.165, 1.54) is 12.0 Å². The Kier molecular flexibility index (Phi) is 11.1. The highest BCUT2D eigenvalue weighted by Gasteiger charge is 2.57. The van der Waals surface area contributed by atoms with Gasteiger partial charge in [-0.05, 0) is 34.2 Å². The van der Waals surface area contributed by atoms with Crippen LogP contribution in [-0.2, 0) is 46.1 Å². The van der Waals surface area contributed by atoms with Gasteiger partial charge in [0.1, 0.15) is 29.5 Å². The number of fused-ring (bicyclic) bond motifs is 1. The fourth-order valence-electron chi connectivity index (χ4n) is 6.15. The maximum absolute atomic E-state index is 13.9. The number of carbonyl (C=O) groups is 6. The number of piperazine rings is 1. The molecule has 0 saturated carbocycles. The Hall–Kier alpha value is -4.56. The van der Waals surface area contributed by atoms with Gasteiger partial charge in [0.05, 0.1) is 18.8 Å². The summed E-state index contributed by atoms with van der Waals surface area (Å²) in [7, 11) is -0.160. The molecule has 5 amide bonds. The molecular formula is C35H39ClN4O9S. The SMILES string of the molecule is COc1ccc(COC(=O)C2=C(CCl)CS(=O)[C@@H]3[C@H](CC(=O)[C@@H](NC(=O)N4CCN(CC(C)(C)C)C(=O)C4=O)c4ccccc4)C(=O)N23)cc1. The smallest absolute Gasteiger partial charge is 0.355 e. The number of hydrogen-bond acceptors (Lipinski definition) is 9. The topological polar surface area (TPSA) is 160 Å². The summed E-state index contributed by atoms with van der Waals surface area (Å²) in [6, 6.07) is 12.9. The van der Waals surface area contributed by atoms with Crippen LogP contribution in [0.5, 0.6) is 5.75 Å². The number of esters is 1. The molecule has 50 heavy (non-hydrogen) atoms. The van der Waals surface area contributed by atoms with Crippen LogP contribution in [-0.4, -0.2) is 98.2 Å². The number of Topliss-reactive ketones (excluding diaryl/α,β-unsaturated/α-hetero) is 1. The van der Waals surface area contributed by atoms with Crippen molar-refractivity contribution in [2.45, 2.75) is 45.2 Å². The Labute approximate surface area is 297 Å². The monoisotopic (exact) mass is 726 g/mol. The number of amides is 5. The number of urea groups is 1. The molecule has 5 rings (SSSR count). The molecule has 15 heteroatoms. The van der Waals surface area contributed by atoms with Gasteiger partial charge in [-0.15, -0.1) is 11.6 Å². The highest BCUT2D eigenvalue weighted by molar-refractivity contribution is 7.86. The number of alkyl halides is 1. The molecule has 0 aliphatic carbocycles. The van der Waals surface area contributed by atoms with E-state index >= 15 is 0 Å². The third kappa shape index (κ3) is 7.76. The Morgan fingerprint density at radius 1 is 1.00 bits per heavy atom. The van der Waals surface area contributed by atoms with Crippen LogP contribution in [0.3, 0.4) is 0 Å². The quantitative estimate of drug-likeness (QED) is 0.159. The number of imide groups is 1. The van der Waals surface area contributed by atoms with E-state index in [1.54, 1.807) is 54.6 Å². The summed E-state index contributed by atoms with van der Waals surface area (Å²) in [5, 5.41) is 1.59. The van der Waals surface area contributed by atoms with Crippen molar-refractivity contribution in [3.05, 3.63) is 77.0 Å². The van der Waals surface area contributed by atoms with Gasteiger partial charge in [-0.3, -0.25) is 33.2 Å². The molecule has 4 atom stereocenters. The fourth-order valence-corrected chi connectivity index (χ4v) is 8.26. The molecule has 1 N–H and O–H groups in total. The normalized spacial score (nSPS) is 21.3. The number of ether oxygens (including phenoxy) is 2. The van der Waals surface area contributed by atoms with E-state index in [-0.39, 0.29) is 48.0 Å². The van der Waals surface area contributed by atoms with E-state index in [2.05, 4.69) is 5.32 Å². The van der Waals surface area contributed by atoms with Crippen LogP contribution in [0.15, 0.2) is 65.9 Å². The Balaban J connectivity index is 1.30. The number of nitrogens with zero attached hydrogens (tertiary/aromatic N) is 3. The van der Waals surface area contributed by atoms with Crippen LogP contribution in [0.1, 0.15) is 44.4 Å². The highest BCUT2D eigenvalue weighted by Crippen LogP contribution is 2.42. The number of carbonyl (C=O) groups excluding carboxylic acids is 6. The van der Waals surface area contributed by atoms with Crippen LogP contribution in [0, 0.1) is 11.3 Å². The predicted octanol–water partition coefficient (Wildman–Crippen LogP) is 2.91. The highest BCUT2D eigenvalue weighted by atomic mass is 35.5. The van der Waals surface area contributed by atoms with Crippen molar-refractivity contribution in [3.63, 3.8) is 0 Å². The van der Waals surface area contributed by atoms with E-state index in [0.29, 0.717) is 23.4 Å². The van der Waals surface area contributed by atoms with Gasteiger partial charge in [0.15, 0.2) is 5.78 Å². The lowest BCUT2D eigenvalue weighted by molar-refractivity contribution is -0.156. The molecule has 2 fully saturated rings. The molecule has 2 aromatic carbocycles. The van der Waals surface area contributed by atoms with Gasteiger partial charge in [-0.1, -0.05) is 63.2 Å². The predicted molar refractivity (Wildman–Crippen MR) is 183 cm³/mol. The average molecular weight is 727 g/mol. The van der Waals surface area contributed by atoms with Crippen LogP contribution in [0.4, 0.5) is 4.79 Å². The van der Waals surface area contributed by atoms with Gasteiger partial charge < -0.3 is 19.7 Å². The summed E-state index contributed by atoms with van der Waals surface area (Å²) in [4.78, 5) is 83.3. The van der Waals surface area contributed by atoms with E-state index < -0.39 is 70.1 Å². The van der Waals surface area contributed by atoms with Gasteiger partial charge in [-0.25, -0.2) is 9.59 Å². The van der Waals surface area contributed by atoms with Gasteiger partial charge in [-0.2, -0.15) is 0 Å². The lowest BCUT2D eigenvalue weighted by atomic mass is 9.87. The molecule has 0 radical (unpaired) electrons. The zero-order valence-electron chi connectivity index (χ0n) is 28.2. The van der Waals surface area contributed by atoms with Crippen molar-refractivity contribution >= 4 is 57.9 Å². The van der Waals surface area contributed by atoms with Gasteiger partial charge in [0.2, 0.25) is 5.91 Å². The van der Waals surface area contributed by atoms with Crippen molar-refractivity contribution in [2.24, 2.45) is 11.3 Å². The third-order valence-corrected chi connectivity index (χ3v) is 10.6. The number of β-lactam (4-membered cyclic amide) rings is 1. The number of rotatable bonds is 11. The molecular weight excluding hydrogens is 688 g/mol. The molecule has 3 heterocycles. The minimum atomic E-state index is -1.69. The Morgan fingerprint density at radius 3 is 2.30 bits per heavy atom. The maximum atomic E-state index is 13.9. The van der Waals surface area contributed by atoms with E-state index in [0.717, 1.165) is 9.80 Å². The summed E-state index contributed by atoms with van der Waals surface area (Å²) >= 11 is 6.12. The fraction of sp³-hybridized carbons (Fsp3) is 0.429.